The van der Waals surface area contributed by atoms with E-state index in [2.05, 4.69) is 6.92 Å². The predicted octanol–water partition coefficient (Wildman–Crippen LogP) is 2.23. The minimum Gasteiger partial charge on any atom is -0.195 e. The van der Waals surface area contributed by atoms with Gasteiger partial charge in [0, 0.05) is 25.7 Å². The largest absolute Gasteiger partial charge is 0.282 e. The first-order valence-corrected chi connectivity index (χ1v) is 8.72. The summed E-state index contributed by atoms with van der Waals surface area (Å²) in [6, 6.07) is 0.247. The average molecular weight is 274 g/mol. The Morgan fingerprint density at radius 3 is 2.39 bits per heavy atom. The van der Waals surface area contributed by atoms with Crippen LogP contribution in [0.15, 0.2) is 0 Å². The Morgan fingerprint density at radius 2 is 1.83 bits per heavy atom. The third kappa shape index (κ3) is 2.89. The summed E-state index contributed by atoms with van der Waals surface area (Å²) in [4.78, 5) is 0. The maximum atomic E-state index is 12.7. The first-order chi connectivity index (χ1) is 8.55. The lowest BCUT2D eigenvalue weighted by molar-refractivity contribution is 0.242. The van der Waals surface area contributed by atoms with Crippen molar-refractivity contribution >= 4 is 10.2 Å². The van der Waals surface area contributed by atoms with Crippen LogP contribution < -0.4 is 0 Å². The lowest BCUT2D eigenvalue weighted by atomic mass is 10.0. The monoisotopic (exact) mass is 274 g/mol. The van der Waals surface area contributed by atoms with Gasteiger partial charge in [-0.25, -0.2) is 0 Å². The van der Waals surface area contributed by atoms with Crippen molar-refractivity contribution in [3.05, 3.63) is 0 Å². The van der Waals surface area contributed by atoms with Gasteiger partial charge in [0.05, 0.1) is 0 Å². The van der Waals surface area contributed by atoms with Crippen molar-refractivity contribution in [1.82, 2.24) is 8.61 Å². The minimum atomic E-state index is -3.22. The fourth-order valence-corrected chi connectivity index (χ4v) is 5.32. The second-order valence-corrected chi connectivity index (χ2v) is 7.64. The molecule has 0 radical (unpaired) electrons. The summed E-state index contributed by atoms with van der Waals surface area (Å²) >= 11 is 0. The summed E-state index contributed by atoms with van der Waals surface area (Å²) in [6.07, 6.45) is 6.58. The number of hydrogen-bond acceptors (Lipinski definition) is 2. The molecule has 1 saturated carbocycles. The smallest absolute Gasteiger partial charge is 0.195 e. The molecule has 2 rings (SSSR count). The second kappa shape index (κ2) is 5.88. The van der Waals surface area contributed by atoms with E-state index < -0.39 is 10.2 Å². The molecule has 0 N–H and O–H groups in total. The van der Waals surface area contributed by atoms with Crippen molar-refractivity contribution < 1.29 is 8.42 Å². The zero-order valence-corrected chi connectivity index (χ0v) is 12.5. The highest BCUT2D eigenvalue weighted by molar-refractivity contribution is 7.86. The molecule has 0 aromatic carbocycles. The third-order valence-corrected chi connectivity index (χ3v) is 6.42. The highest BCUT2D eigenvalue weighted by Crippen LogP contribution is 2.28. The molecule has 1 unspecified atom stereocenters. The summed E-state index contributed by atoms with van der Waals surface area (Å²) in [5.74, 6) is 0.496. The van der Waals surface area contributed by atoms with E-state index in [0.717, 1.165) is 25.7 Å². The van der Waals surface area contributed by atoms with Crippen molar-refractivity contribution in [2.75, 3.05) is 19.6 Å². The summed E-state index contributed by atoms with van der Waals surface area (Å²) in [6.45, 7) is 6.12. The molecule has 1 aliphatic heterocycles. The molecule has 5 heteroatoms. The van der Waals surface area contributed by atoms with Crippen LogP contribution in [-0.2, 0) is 10.2 Å². The van der Waals surface area contributed by atoms with Crippen LogP contribution >= 0.6 is 0 Å². The third-order valence-electron chi connectivity index (χ3n) is 4.29. The number of piperidine rings is 1. The molecule has 1 saturated heterocycles. The zero-order chi connectivity index (χ0) is 13.2. The van der Waals surface area contributed by atoms with E-state index in [-0.39, 0.29) is 6.04 Å². The van der Waals surface area contributed by atoms with E-state index in [0.29, 0.717) is 25.6 Å². The first-order valence-electron chi connectivity index (χ1n) is 7.32. The van der Waals surface area contributed by atoms with E-state index >= 15 is 0 Å². The minimum absolute atomic E-state index is 0.247. The molecule has 2 fully saturated rings. The highest BCUT2D eigenvalue weighted by Gasteiger charge is 2.36. The van der Waals surface area contributed by atoms with Gasteiger partial charge in [-0.05, 0) is 31.6 Å². The quantitative estimate of drug-likeness (QED) is 0.789. The molecule has 0 aromatic heterocycles. The molecular weight excluding hydrogens is 248 g/mol. The van der Waals surface area contributed by atoms with Gasteiger partial charge in [0.2, 0.25) is 0 Å². The van der Waals surface area contributed by atoms with Gasteiger partial charge in [0.15, 0.2) is 0 Å². The Labute approximate surface area is 112 Å². The molecule has 0 amide bonds. The van der Waals surface area contributed by atoms with E-state index in [4.69, 9.17) is 0 Å². The molecule has 1 aliphatic carbocycles. The van der Waals surface area contributed by atoms with Crippen molar-refractivity contribution in [3.63, 3.8) is 0 Å². The van der Waals surface area contributed by atoms with E-state index in [1.165, 1.54) is 12.8 Å². The SMILES string of the molecule is CCN(C1CCCC1)S(=O)(=O)N1CCCC(C)C1. The van der Waals surface area contributed by atoms with Gasteiger partial charge >= 0.3 is 0 Å². The zero-order valence-electron chi connectivity index (χ0n) is 11.6. The fraction of sp³-hybridized carbons (Fsp3) is 1.00. The Hall–Kier alpha value is -0.130. The van der Waals surface area contributed by atoms with Crippen LogP contribution in [0.25, 0.3) is 0 Å². The Bertz CT molecular complexity index is 363. The van der Waals surface area contributed by atoms with Crippen molar-refractivity contribution in [2.45, 2.75) is 58.4 Å². The van der Waals surface area contributed by atoms with E-state index in [1.54, 1.807) is 8.61 Å². The van der Waals surface area contributed by atoms with Gasteiger partial charge in [0.1, 0.15) is 0 Å². The molecule has 1 atom stereocenters. The summed E-state index contributed by atoms with van der Waals surface area (Å²) in [5, 5.41) is 0. The maximum Gasteiger partial charge on any atom is 0.282 e. The normalized spacial score (nSPS) is 28.1. The lowest BCUT2D eigenvalue weighted by Gasteiger charge is -2.36. The molecule has 0 aromatic rings. The van der Waals surface area contributed by atoms with Crippen LogP contribution in [0, 0.1) is 5.92 Å². The van der Waals surface area contributed by atoms with Crippen LogP contribution in [0.3, 0.4) is 0 Å². The van der Waals surface area contributed by atoms with E-state index in [9.17, 15) is 8.42 Å². The summed E-state index contributed by atoms with van der Waals surface area (Å²) < 4.78 is 28.9. The van der Waals surface area contributed by atoms with Crippen LogP contribution in [-0.4, -0.2) is 42.7 Å². The van der Waals surface area contributed by atoms with Crippen molar-refractivity contribution in [3.8, 4) is 0 Å². The molecule has 1 heterocycles. The van der Waals surface area contributed by atoms with Crippen LogP contribution in [0.5, 0.6) is 0 Å². The van der Waals surface area contributed by atoms with Crippen LogP contribution in [0.4, 0.5) is 0 Å². The molecule has 0 bridgehead atoms. The number of rotatable bonds is 4. The molecule has 0 spiro atoms. The second-order valence-electron chi connectivity index (χ2n) is 5.75. The van der Waals surface area contributed by atoms with E-state index in [1.807, 2.05) is 6.92 Å². The van der Waals surface area contributed by atoms with Gasteiger partial charge in [-0.15, -0.1) is 0 Å². The molecule has 106 valence electrons. The first kappa shape index (κ1) is 14.3. The van der Waals surface area contributed by atoms with Crippen molar-refractivity contribution in [1.29, 1.82) is 0 Å². The van der Waals surface area contributed by atoms with Gasteiger partial charge in [-0.2, -0.15) is 17.0 Å². The summed E-state index contributed by atoms with van der Waals surface area (Å²) in [5.41, 5.74) is 0. The average Bonchev–Trinajstić information content (AvgIpc) is 2.83. The number of nitrogens with zero attached hydrogens (tertiary/aromatic N) is 2. The topological polar surface area (TPSA) is 40.6 Å². The van der Waals surface area contributed by atoms with Gasteiger partial charge in [-0.3, -0.25) is 0 Å². The molecule has 2 aliphatic rings. The van der Waals surface area contributed by atoms with Gasteiger partial charge in [0.25, 0.3) is 10.2 Å². The van der Waals surface area contributed by atoms with Gasteiger partial charge in [-0.1, -0.05) is 26.7 Å². The molecule has 4 nitrogen and oxygen atoms in total. The Balaban J connectivity index is 2.11. The maximum absolute atomic E-state index is 12.7. The molecular formula is C13H26N2O2S. The van der Waals surface area contributed by atoms with Gasteiger partial charge < -0.3 is 0 Å². The standard InChI is InChI=1S/C13H26N2O2S/c1-3-15(13-8-4-5-9-13)18(16,17)14-10-6-7-12(2)11-14/h12-13H,3-11H2,1-2H3. The number of hydrogen-bond donors (Lipinski definition) is 0. The van der Waals surface area contributed by atoms with Crippen LogP contribution in [0.2, 0.25) is 0 Å². The Morgan fingerprint density at radius 1 is 1.17 bits per heavy atom. The highest BCUT2D eigenvalue weighted by atomic mass is 32.2. The summed E-state index contributed by atoms with van der Waals surface area (Å²) in [7, 11) is -3.22. The molecule has 18 heavy (non-hydrogen) atoms. The van der Waals surface area contributed by atoms with Crippen molar-refractivity contribution in [2.24, 2.45) is 5.92 Å². The Kier molecular flexibility index (Phi) is 4.67. The lowest BCUT2D eigenvalue weighted by Crippen LogP contribution is -2.50. The van der Waals surface area contributed by atoms with Crippen LogP contribution in [0.1, 0.15) is 52.4 Å². The predicted molar refractivity (Wildman–Crippen MR) is 73.5 cm³/mol. The fourth-order valence-electron chi connectivity index (χ4n) is 3.31.